The molecule has 1 fully saturated rings. The molecule has 0 radical (unpaired) electrons. The van der Waals surface area contributed by atoms with Crippen molar-refractivity contribution in [1.29, 1.82) is 0 Å². The van der Waals surface area contributed by atoms with E-state index in [1.165, 1.54) is 24.8 Å². The molecule has 3 nitrogen and oxygen atoms in total. The van der Waals surface area contributed by atoms with E-state index < -0.39 is 0 Å². The van der Waals surface area contributed by atoms with Crippen LogP contribution in [0.4, 0.5) is 0 Å². The molecule has 21 heavy (non-hydrogen) atoms. The summed E-state index contributed by atoms with van der Waals surface area (Å²) in [4.78, 5) is 4.82. The van der Waals surface area contributed by atoms with Gasteiger partial charge in [0, 0.05) is 13.1 Å². The Morgan fingerprint density at radius 2 is 2.00 bits per heavy atom. The van der Waals surface area contributed by atoms with Crippen molar-refractivity contribution >= 4 is 11.0 Å². The summed E-state index contributed by atoms with van der Waals surface area (Å²) < 4.78 is 2.23. The molecule has 3 heteroatoms. The quantitative estimate of drug-likeness (QED) is 0.922. The number of hydrogen-bond donors (Lipinski definition) is 1. The Hall–Kier alpha value is -1.35. The topological polar surface area (TPSA) is 29.9 Å². The molecule has 1 aromatic heterocycles. The molecule has 0 saturated heterocycles. The largest absolute Gasteiger partial charge is 0.330 e. The summed E-state index contributed by atoms with van der Waals surface area (Å²) in [5, 5.41) is 3.82. The lowest BCUT2D eigenvalue weighted by molar-refractivity contribution is 0.214. The highest BCUT2D eigenvalue weighted by atomic mass is 15.1. The average Bonchev–Trinajstić information content (AvgIpc) is 2.80. The molecule has 0 bridgehead atoms. The zero-order valence-corrected chi connectivity index (χ0v) is 13.6. The summed E-state index contributed by atoms with van der Waals surface area (Å²) in [5.41, 5.74) is 2.31. The monoisotopic (exact) mass is 285 g/mol. The third-order valence-corrected chi connectivity index (χ3v) is 5.10. The fourth-order valence-corrected chi connectivity index (χ4v) is 3.86. The van der Waals surface area contributed by atoms with Gasteiger partial charge in [-0.25, -0.2) is 4.98 Å². The van der Waals surface area contributed by atoms with Gasteiger partial charge < -0.3 is 9.88 Å². The zero-order valence-electron chi connectivity index (χ0n) is 13.6. The summed E-state index contributed by atoms with van der Waals surface area (Å²) >= 11 is 0. The smallest absolute Gasteiger partial charge is 0.126 e. The maximum atomic E-state index is 4.82. The molecule has 1 saturated carbocycles. The lowest BCUT2D eigenvalue weighted by atomic mass is 9.79. The number of nitrogens with one attached hydrogen (secondary N) is 1. The fourth-order valence-electron chi connectivity index (χ4n) is 3.86. The van der Waals surface area contributed by atoms with Crippen LogP contribution in [0, 0.1) is 11.8 Å². The Labute approximate surface area is 127 Å². The number of hydrogen-bond acceptors (Lipinski definition) is 2. The molecule has 1 aromatic carbocycles. The number of nitrogens with zero attached hydrogens (tertiary/aromatic N) is 2. The molecule has 4 unspecified atom stereocenters. The number of rotatable bonds is 3. The fraction of sp³-hybridized carbons (Fsp3) is 0.611. The van der Waals surface area contributed by atoms with E-state index in [0.29, 0.717) is 12.1 Å². The molecule has 4 atom stereocenters. The van der Waals surface area contributed by atoms with Crippen molar-refractivity contribution in [1.82, 2.24) is 14.9 Å². The van der Waals surface area contributed by atoms with E-state index in [1.54, 1.807) is 0 Å². The normalized spacial score (nSPS) is 27.9. The average molecular weight is 285 g/mol. The molecule has 0 spiro atoms. The first-order chi connectivity index (χ1) is 10.1. The van der Waals surface area contributed by atoms with Crippen molar-refractivity contribution in [2.45, 2.75) is 52.1 Å². The van der Waals surface area contributed by atoms with Crippen LogP contribution >= 0.6 is 0 Å². The Bertz CT molecular complexity index is 616. The third-order valence-electron chi connectivity index (χ3n) is 5.10. The van der Waals surface area contributed by atoms with Crippen LogP contribution in [0.25, 0.3) is 11.0 Å². The number of imidazole rings is 1. The first kappa shape index (κ1) is 14.6. The predicted octanol–water partition coefficient (Wildman–Crippen LogP) is 4.05. The molecule has 1 N–H and O–H groups in total. The van der Waals surface area contributed by atoms with Crippen molar-refractivity contribution in [3.63, 3.8) is 0 Å². The Morgan fingerprint density at radius 1 is 1.24 bits per heavy atom. The van der Waals surface area contributed by atoms with E-state index in [2.05, 4.69) is 62.0 Å². The second-order valence-corrected chi connectivity index (χ2v) is 6.91. The van der Waals surface area contributed by atoms with Crippen molar-refractivity contribution in [3.05, 3.63) is 30.1 Å². The minimum Gasteiger partial charge on any atom is -0.330 e. The molecular formula is C18H27N3. The molecule has 1 aliphatic rings. The molecule has 3 rings (SSSR count). The van der Waals surface area contributed by atoms with E-state index in [-0.39, 0.29) is 0 Å². The van der Waals surface area contributed by atoms with E-state index >= 15 is 0 Å². The number of aromatic nitrogens is 2. The summed E-state index contributed by atoms with van der Waals surface area (Å²) in [6, 6.07) is 9.29. The standard InChI is InChI=1S/C18H27N3/c1-12-9-10-15(13(2)11-12)19-14(3)18-20-16-7-5-6-8-17(16)21(18)4/h5-8,12-15,19H,9-11H2,1-4H3. The van der Waals surface area contributed by atoms with Gasteiger partial charge in [-0.05, 0) is 50.2 Å². The number of aryl methyl sites for hydroxylation is 1. The van der Waals surface area contributed by atoms with Crippen LogP contribution < -0.4 is 5.32 Å². The van der Waals surface area contributed by atoms with Gasteiger partial charge in [-0.2, -0.15) is 0 Å². The molecule has 0 amide bonds. The van der Waals surface area contributed by atoms with E-state index in [4.69, 9.17) is 4.98 Å². The highest BCUT2D eigenvalue weighted by Gasteiger charge is 2.27. The van der Waals surface area contributed by atoms with Crippen molar-refractivity contribution in [2.75, 3.05) is 0 Å². The Morgan fingerprint density at radius 3 is 2.71 bits per heavy atom. The van der Waals surface area contributed by atoms with Crippen LogP contribution in [-0.4, -0.2) is 15.6 Å². The van der Waals surface area contributed by atoms with E-state index in [9.17, 15) is 0 Å². The molecule has 1 aliphatic carbocycles. The second kappa shape index (κ2) is 5.80. The van der Waals surface area contributed by atoms with Gasteiger partial charge in [0.25, 0.3) is 0 Å². The van der Waals surface area contributed by atoms with Crippen molar-refractivity contribution in [3.8, 4) is 0 Å². The van der Waals surface area contributed by atoms with Crippen LogP contribution in [0.1, 0.15) is 51.9 Å². The summed E-state index contributed by atoms with van der Waals surface area (Å²) in [6.07, 6.45) is 3.97. The van der Waals surface area contributed by atoms with Crippen LogP contribution in [0.2, 0.25) is 0 Å². The predicted molar refractivity (Wildman–Crippen MR) is 88.2 cm³/mol. The summed E-state index contributed by atoms with van der Waals surface area (Å²) in [7, 11) is 2.12. The second-order valence-electron chi connectivity index (χ2n) is 6.91. The van der Waals surface area contributed by atoms with E-state index in [0.717, 1.165) is 23.2 Å². The third kappa shape index (κ3) is 2.84. The van der Waals surface area contributed by atoms with Gasteiger partial charge in [0.1, 0.15) is 5.82 Å². The minimum atomic E-state index is 0.295. The van der Waals surface area contributed by atoms with E-state index in [1.807, 2.05) is 0 Å². The maximum absolute atomic E-state index is 4.82. The van der Waals surface area contributed by atoms with Gasteiger partial charge in [0.15, 0.2) is 0 Å². The Kier molecular flexibility index (Phi) is 4.03. The van der Waals surface area contributed by atoms with Gasteiger partial charge in [0.05, 0.1) is 17.1 Å². The molecule has 1 heterocycles. The van der Waals surface area contributed by atoms with Crippen molar-refractivity contribution < 1.29 is 0 Å². The molecule has 0 aliphatic heterocycles. The number of fused-ring (bicyclic) bond motifs is 1. The molecule has 2 aromatic rings. The van der Waals surface area contributed by atoms with Gasteiger partial charge in [-0.15, -0.1) is 0 Å². The zero-order chi connectivity index (χ0) is 15.0. The minimum absolute atomic E-state index is 0.295. The van der Waals surface area contributed by atoms with Crippen LogP contribution in [0.3, 0.4) is 0 Å². The summed E-state index contributed by atoms with van der Waals surface area (Å²) in [6.45, 7) is 7.00. The number of benzene rings is 1. The van der Waals surface area contributed by atoms with Crippen LogP contribution in [0.15, 0.2) is 24.3 Å². The SMILES string of the molecule is CC1CCC(NC(C)c2nc3ccccc3n2C)C(C)C1. The maximum Gasteiger partial charge on any atom is 0.126 e. The van der Waals surface area contributed by atoms with Gasteiger partial charge in [-0.1, -0.05) is 26.0 Å². The van der Waals surface area contributed by atoms with Gasteiger partial charge in [0.2, 0.25) is 0 Å². The lowest BCUT2D eigenvalue weighted by Crippen LogP contribution is -2.40. The lowest BCUT2D eigenvalue weighted by Gasteiger charge is -2.35. The highest BCUT2D eigenvalue weighted by Crippen LogP contribution is 2.30. The first-order valence-electron chi connectivity index (χ1n) is 8.23. The van der Waals surface area contributed by atoms with Crippen LogP contribution in [0.5, 0.6) is 0 Å². The highest BCUT2D eigenvalue weighted by molar-refractivity contribution is 5.75. The summed E-state index contributed by atoms with van der Waals surface area (Å²) in [5.74, 6) is 2.78. The van der Waals surface area contributed by atoms with Crippen LogP contribution in [-0.2, 0) is 7.05 Å². The van der Waals surface area contributed by atoms with Gasteiger partial charge >= 0.3 is 0 Å². The first-order valence-corrected chi connectivity index (χ1v) is 8.23. The van der Waals surface area contributed by atoms with Crippen molar-refractivity contribution in [2.24, 2.45) is 18.9 Å². The van der Waals surface area contributed by atoms with Gasteiger partial charge in [-0.3, -0.25) is 0 Å². The number of para-hydroxylation sites is 2. The molecule has 114 valence electrons. The Balaban J connectivity index is 1.78. The molecular weight excluding hydrogens is 258 g/mol.